The predicted molar refractivity (Wildman–Crippen MR) is 52.3 cm³/mol. The Balaban J connectivity index is 2.52. The van der Waals surface area contributed by atoms with Gasteiger partial charge < -0.3 is 14.4 Å². The van der Waals surface area contributed by atoms with E-state index in [4.69, 9.17) is 10.3 Å². The molecule has 0 aromatic heterocycles. The highest BCUT2D eigenvalue weighted by Crippen LogP contribution is 2.07. The van der Waals surface area contributed by atoms with Crippen LogP contribution in [-0.4, -0.2) is 50.4 Å². The summed E-state index contributed by atoms with van der Waals surface area (Å²) < 4.78 is 10.0. The highest BCUT2D eigenvalue weighted by atomic mass is 16.5. The highest BCUT2D eigenvalue weighted by molar-refractivity contribution is 5.67. The molecule has 84 valence electrons. The van der Waals surface area contributed by atoms with Crippen molar-refractivity contribution in [2.45, 2.75) is 12.5 Å². The van der Waals surface area contributed by atoms with Gasteiger partial charge in [0.2, 0.25) is 0 Å². The fraction of sp³-hybridized carbons (Fsp3) is 0.875. The summed E-state index contributed by atoms with van der Waals surface area (Å²) in [6, 6.07) is 0. The number of hydrogen-bond acceptors (Lipinski definition) is 4. The molecule has 1 fully saturated rings. The topological polar surface area (TPSA) is 87.5 Å². The normalized spacial score (nSPS) is 21.4. The number of nitrogens with zero attached hydrogens (tertiary/aromatic N) is 4. The van der Waals surface area contributed by atoms with E-state index in [1.165, 1.54) is 7.11 Å². The second kappa shape index (κ2) is 6.10. The zero-order valence-corrected chi connectivity index (χ0v) is 8.63. The molecule has 0 radical (unpaired) electrons. The molecule has 0 aromatic rings. The predicted octanol–water partition coefficient (Wildman–Crippen LogP) is 1.15. The van der Waals surface area contributed by atoms with Gasteiger partial charge in [0.25, 0.3) is 0 Å². The number of carbonyl (C=O) groups is 1. The summed E-state index contributed by atoms with van der Waals surface area (Å²) in [6.45, 7) is 1.83. The molecule has 1 aliphatic rings. The molecule has 1 aliphatic heterocycles. The number of carbonyl (C=O) groups excluding carboxylic acids is 1. The average molecular weight is 214 g/mol. The summed E-state index contributed by atoms with van der Waals surface area (Å²) in [5, 5.41) is 3.43. The van der Waals surface area contributed by atoms with Crippen molar-refractivity contribution >= 4 is 6.09 Å². The van der Waals surface area contributed by atoms with Gasteiger partial charge in [-0.25, -0.2) is 4.79 Å². The van der Waals surface area contributed by atoms with Crippen molar-refractivity contribution in [2.24, 2.45) is 5.11 Å². The fourth-order valence-corrected chi connectivity index (χ4v) is 1.43. The third-order valence-corrected chi connectivity index (χ3v) is 2.13. The molecule has 0 N–H and O–H groups in total. The van der Waals surface area contributed by atoms with Crippen molar-refractivity contribution < 1.29 is 14.3 Å². The van der Waals surface area contributed by atoms with Gasteiger partial charge in [-0.15, -0.1) is 0 Å². The minimum atomic E-state index is -0.369. The van der Waals surface area contributed by atoms with E-state index in [0.717, 1.165) is 6.42 Å². The van der Waals surface area contributed by atoms with E-state index in [2.05, 4.69) is 14.8 Å². The van der Waals surface area contributed by atoms with Crippen molar-refractivity contribution in [3.63, 3.8) is 0 Å². The SMILES string of the molecule is COC(=O)N1CCCOC(CN=[N+]=[N-])C1. The molecule has 0 aromatic carbocycles. The van der Waals surface area contributed by atoms with Gasteiger partial charge in [-0.05, 0) is 12.0 Å². The van der Waals surface area contributed by atoms with Crippen LogP contribution in [-0.2, 0) is 9.47 Å². The Morgan fingerprint density at radius 3 is 3.27 bits per heavy atom. The third kappa shape index (κ3) is 3.65. The molecule has 0 bridgehead atoms. The molecule has 7 heteroatoms. The van der Waals surface area contributed by atoms with Gasteiger partial charge in [0.15, 0.2) is 0 Å². The number of azide groups is 1. The largest absolute Gasteiger partial charge is 0.453 e. The van der Waals surface area contributed by atoms with Gasteiger partial charge in [-0.2, -0.15) is 0 Å². The van der Waals surface area contributed by atoms with E-state index in [-0.39, 0.29) is 18.7 Å². The van der Waals surface area contributed by atoms with Gasteiger partial charge >= 0.3 is 6.09 Å². The van der Waals surface area contributed by atoms with Crippen LogP contribution in [0.15, 0.2) is 5.11 Å². The van der Waals surface area contributed by atoms with E-state index in [1.54, 1.807) is 4.90 Å². The summed E-state index contributed by atoms with van der Waals surface area (Å²) in [7, 11) is 1.34. The van der Waals surface area contributed by atoms with E-state index in [9.17, 15) is 4.79 Å². The molecule has 15 heavy (non-hydrogen) atoms. The van der Waals surface area contributed by atoms with Crippen LogP contribution in [0.3, 0.4) is 0 Å². The summed E-state index contributed by atoms with van der Waals surface area (Å²) in [5.41, 5.74) is 8.19. The van der Waals surface area contributed by atoms with Crippen LogP contribution in [0.5, 0.6) is 0 Å². The average Bonchev–Trinajstić information content (AvgIpc) is 2.50. The first-order valence-electron chi connectivity index (χ1n) is 4.73. The smallest absolute Gasteiger partial charge is 0.409 e. The number of ether oxygens (including phenoxy) is 2. The van der Waals surface area contributed by atoms with Crippen LogP contribution >= 0.6 is 0 Å². The Hall–Kier alpha value is -1.46. The maximum atomic E-state index is 11.3. The Morgan fingerprint density at radius 1 is 1.80 bits per heavy atom. The molecule has 0 spiro atoms. The monoisotopic (exact) mass is 214 g/mol. The standard InChI is InChI=1S/C8H14N4O3/c1-14-8(13)12-3-2-4-15-7(6-12)5-10-11-9/h7H,2-6H2,1H3. The second-order valence-electron chi connectivity index (χ2n) is 3.18. The maximum absolute atomic E-state index is 11.3. The number of methoxy groups -OCH3 is 1. The molecule has 1 saturated heterocycles. The van der Waals surface area contributed by atoms with Crippen LogP contribution in [0.2, 0.25) is 0 Å². The number of hydrogen-bond donors (Lipinski definition) is 0. The van der Waals surface area contributed by atoms with Crippen molar-refractivity contribution in [1.29, 1.82) is 0 Å². The van der Waals surface area contributed by atoms with Gasteiger partial charge in [0.1, 0.15) is 0 Å². The first kappa shape index (κ1) is 11.6. The molecular formula is C8H14N4O3. The number of amides is 1. The summed E-state index contributed by atoms with van der Waals surface area (Å²) >= 11 is 0. The van der Waals surface area contributed by atoms with Crippen LogP contribution < -0.4 is 0 Å². The molecule has 0 aliphatic carbocycles. The van der Waals surface area contributed by atoms with Gasteiger partial charge in [-0.3, -0.25) is 0 Å². The van der Waals surface area contributed by atoms with Crippen LogP contribution in [0.1, 0.15) is 6.42 Å². The third-order valence-electron chi connectivity index (χ3n) is 2.13. The maximum Gasteiger partial charge on any atom is 0.409 e. The van der Waals surface area contributed by atoms with E-state index >= 15 is 0 Å². The first-order valence-corrected chi connectivity index (χ1v) is 4.73. The summed E-state index contributed by atoms with van der Waals surface area (Å²) in [4.78, 5) is 15.5. The lowest BCUT2D eigenvalue weighted by Crippen LogP contribution is -2.37. The van der Waals surface area contributed by atoms with Crippen LogP contribution in [0.25, 0.3) is 10.4 Å². The molecule has 1 unspecified atom stereocenters. The zero-order chi connectivity index (χ0) is 11.1. The summed E-state index contributed by atoms with van der Waals surface area (Å²) in [6.07, 6.45) is 0.163. The van der Waals surface area contributed by atoms with Crippen molar-refractivity contribution in [3.8, 4) is 0 Å². The van der Waals surface area contributed by atoms with Gasteiger partial charge in [0.05, 0.1) is 26.3 Å². The van der Waals surface area contributed by atoms with Crippen LogP contribution in [0.4, 0.5) is 4.79 Å². The molecular weight excluding hydrogens is 200 g/mol. The van der Waals surface area contributed by atoms with E-state index < -0.39 is 0 Å². The van der Waals surface area contributed by atoms with E-state index in [1.807, 2.05) is 0 Å². The molecule has 0 saturated carbocycles. The van der Waals surface area contributed by atoms with Gasteiger partial charge in [-0.1, -0.05) is 5.11 Å². The minimum Gasteiger partial charge on any atom is -0.453 e. The molecule has 1 amide bonds. The molecule has 1 rings (SSSR count). The quantitative estimate of drug-likeness (QED) is 0.392. The zero-order valence-electron chi connectivity index (χ0n) is 8.63. The molecule has 1 atom stereocenters. The molecule has 7 nitrogen and oxygen atoms in total. The second-order valence-corrected chi connectivity index (χ2v) is 3.18. The van der Waals surface area contributed by atoms with Crippen molar-refractivity contribution in [2.75, 3.05) is 33.4 Å². The lowest BCUT2D eigenvalue weighted by atomic mass is 10.3. The van der Waals surface area contributed by atoms with Crippen LogP contribution in [0, 0.1) is 0 Å². The van der Waals surface area contributed by atoms with Crippen molar-refractivity contribution in [3.05, 3.63) is 10.4 Å². The summed E-state index contributed by atoms with van der Waals surface area (Å²) in [5.74, 6) is 0. The minimum absolute atomic E-state index is 0.234. The lowest BCUT2D eigenvalue weighted by molar-refractivity contribution is 0.0573. The first-order chi connectivity index (χ1) is 7.27. The Bertz CT molecular complexity index is 265. The Morgan fingerprint density at radius 2 is 2.60 bits per heavy atom. The highest BCUT2D eigenvalue weighted by Gasteiger charge is 2.22. The van der Waals surface area contributed by atoms with E-state index in [0.29, 0.717) is 19.7 Å². The lowest BCUT2D eigenvalue weighted by Gasteiger charge is -2.21. The fourth-order valence-electron chi connectivity index (χ4n) is 1.43. The van der Waals surface area contributed by atoms with Crippen molar-refractivity contribution in [1.82, 2.24) is 4.90 Å². The Kier molecular flexibility index (Phi) is 4.73. The Labute approximate surface area is 87.6 Å². The van der Waals surface area contributed by atoms with Gasteiger partial charge in [0, 0.05) is 18.1 Å². The molecule has 1 heterocycles. The number of rotatable bonds is 2.